The van der Waals surface area contributed by atoms with E-state index in [0.29, 0.717) is 12.3 Å². The van der Waals surface area contributed by atoms with E-state index in [9.17, 15) is 18.3 Å². The molecule has 1 N–H and O–H groups in total. The summed E-state index contributed by atoms with van der Waals surface area (Å²) in [6.07, 6.45) is 0.00414. The molecule has 0 spiro atoms. The molecule has 0 amide bonds. The van der Waals surface area contributed by atoms with Crippen molar-refractivity contribution in [1.82, 2.24) is 0 Å². The minimum absolute atomic E-state index is 0.0000823. The van der Waals surface area contributed by atoms with Gasteiger partial charge in [-0.15, -0.1) is 0 Å². The number of hydrogen-bond donors (Lipinski definition) is 1. The van der Waals surface area contributed by atoms with Crippen LogP contribution in [0, 0.1) is 0 Å². The molecule has 4 rings (SSSR count). The number of nitrogens with zero attached hydrogens (tertiary/aromatic N) is 1. The molecule has 2 unspecified atom stereocenters. The summed E-state index contributed by atoms with van der Waals surface area (Å²) < 4.78 is 30.2. The van der Waals surface area contributed by atoms with Crippen molar-refractivity contribution in [1.29, 1.82) is 0 Å². The lowest BCUT2D eigenvalue weighted by atomic mass is 9.89. The number of piperidine rings is 1. The van der Waals surface area contributed by atoms with Crippen LogP contribution < -0.4 is 9.64 Å². The van der Waals surface area contributed by atoms with Crippen LogP contribution in [0.1, 0.15) is 19.8 Å². The summed E-state index contributed by atoms with van der Waals surface area (Å²) in [5, 5.41) is 12.3. The molecule has 0 bridgehead atoms. The van der Waals surface area contributed by atoms with E-state index in [2.05, 4.69) is 4.90 Å². The fourth-order valence-corrected chi connectivity index (χ4v) is 6.56. The lowest BCUT2D eigenvalue weighted by Gasteiger charge is -2.44. The predicted octanol–water partition coefficient (Wildman–Crippen LogP) is 4.13. The van der Waals surface area contributed by atoms with Crippen molar-refractivity contribution < 1.29 is 23.1 Å². The first kappa shape index (κ1) is 21.2. The standard InChI is InChI=1S/C24H25NO5S/c1-17-16-24(23(26)27,31(28,29)20-12-10-19(30-2)11-13-20)14-15-25(17)22-9-5-7-18-6-3-4-8-21(18)22/h3-13,17H,14-16H2,1-2H3,(H,26,27). The van der Waals surface area contributed by atoms with Crippen molar-refractivity contribution in [2.24, 2.45) is 0 Å². The topological polar surface area (TPSA) is 83.9 Å². The summed E-state index contributed by atoms with van der Waals surface area (Å²) in [5.41, 5.74) is 0.992. The third-order valence-electron chi connectivity index (χ3n) is 6.26. The monoisotopic (exact) mass is 439 g/mol. The number of fused-ring (bicyclic) bond motifs is 1. The number of aliphatic carboxylic acids is 1. The molecular weight excluding hydrogens is 414 g/mol. The number of hydrogen-bond acceptors (Lipinski definition) is 5. The summed E-state index contributed by atoms with van der Waals surface area (Å²) in [5.74, 6) is -0.782. The van der Waals surface area contributed by atoms with Crippen molar-refractivity contribution in [3.8, 4) is 5.75 Å². The zero-order valence-corrected chi connectivity index (χ0v) is 18.3. The van der Waals surface area contributed by atoms with E-state index in [1.165, 1.54) is 31.4 Å². The highest BCUT2D eigenvalue weighted by atomic mass is 32.2. The van der Waals surface area contributed by atoms with Gasteiger partial charge in [-0.2, -0.15) is 0 Å². The van der Waals surface area contributed by atoms with Gasteiger partial charge >= 0.3 is 5.97 Å². The Hall–Kier alpha value is -3.06. The summed E-state index contributed by atoms with van der Waals surface area (Å²) in [6, 6.07) is 19.6. The molecule has 31 heavy (non-hydrogen) atoms. The Bertz CT molecular complexity index is 1220. The van der Waals surface area contributed by atoms with Gasteiger partial charge < -0.3 is 14.7 Å². The quantitative estimate of drug-likeness (QED) is 0.643. The van der Waals surface area contributed by atoms with Gasteiger partial charge in [-0.3, -0.25) is 4.79 Å². The Morgan fingerprint density at radius 2 is 1.74 bits per heavy atom. The third-order valence-corrected chi connectivity index (χ3v) is 8.73. The molecule has 0 aromatic heterocycles. The van der Waals surface area contributed by atoms with Gasteiger partial charge in [0.2, 0.25) is 0 Å². The first-order chi connectivity index (χ1) is 14.8. The molecule has 1 aliphatic heterocycles. The van der Waals surface area contributed by atoms with Gasteiger partial charge in [0.25, 0.3) is 0 Å². The van der Waals surface area contributed by atoms with E-state index in [1.54, 1.807) is 0 Å². The van der Waals surface area contributed by atoms with E-state index >= 15 is 0 Å². The summed E-state index contributed by atoms with van der Waals surface area (Å²) in [4.78, 5) is 14.5. The number of carboxylic acids is 1. The predicted molar refractivity (Wildman–Crippen MR) is 121 cm³/mol. The molecule has 1 aliphatic rings. The molecule has 3 aromatic rings. The smallest absolute Gasteiger partial charge is 0.325 e. The second-order valence-electron chi connectivity index (χ2n) is 7.97. The van der Waals surface area contributed by atoms with Crippen LogP contribution in [0.25, 0.3) is 10.8 Å². The highest BCUT2D eigenvalue weighted by Crippen LogP contribution is 2.41. The highest BCUT2D eigenvalue weighted by Gasteiger charge is 2.55. The molecule has 6 nitrogen and oxygen atoms in total. The molecule has 2 atom stereocenters. The van der Waals surface area contributed by atoms with Crippen LogP contribution in [0.4, 0.5) is 5.69 Å². The number of ether oxygens (including phenoxy) is 1. The lowest BCUT2D eigenvalue weighted by molar-refractivity contribution is -0.141. The van der Waals surface area contributed by atoms with Crippen LogP contribution in [0.5, 0.6) is 5.75 Å². The zero-order chi connectivity index (χ0) is 22.2. The first-order valence-corrected chi connectivity index (χ1v) is 11.6. The molecule has 1 fully saturated rings. The Kier molecular flexibility index (Phi) is 5.39. The maximum Gasteiger partial charge on any atom is 0.325 e. The van der Waals surface area contributed by atoms with E-state index in [0.717, 1.165) is 16.5 Å². The highest BCUT2D eigenvalue weighted by molar-refractivity contribution is 7.93. The maximum atomic E-state index is 13.5. The number of carboxylic acid groups (broad SMARTS) is 1. The number of rotatable bonds is 5. The molecule has 0 aliphatic carbocycles. The third kappa shape index (κ3) is 3.43. The van der Waals surface area contributed by atoms with Gasteiger partial charge in [0.05, 0.1) is 12.0 Å². The van der Waals surface area contributed by atoms with Crippen LogP contribution in [0.2, 0.25) is 0 Å². The minimum atomic E-state index is -4.11. The average Bonchev–Trinajstić information content (AvgIpc) is 2.78. The number of methoxy groups -OCH3 is 1. The van der Waals surface area contributed by atoms with Gasteiger partial charge in [0.15, 0.2) is 14.6 Å². The molecule has 3 aromatic carbocycles. The normalized spacial score (nSPS) is 21.7. The number of benzene rings is 3. The number of anilines is 1. The van der Waals surface area contributed by atoms with Crippen molar-refractivity contribution in [3.63, 3.8) is 0 Å². The second-order valence-corrected chi connectivity index (χ2v) is 10.2. The Morgan fingerprint density at radius 3 is 2.39 bits per heavy atom. The van der Waals surface area contributed by atoms with Gasteiger partial charge in [0.1, 0.15) is 5.75 Å². The first-order valence-electron chi connectivity index (χ1n) is 10.2. The van der Waals surface area contributed by atoms with E-state index in [4.69, 9.17) is 4.74 Å². The van der Waals surface area contributed by atoms with Crippen LogP contribution in [-0.4, -0.2) is 43.9 Å². The van der Waals surface area contributed by atoms with Crippen molar-refractivity contribution >= 4 is 32.3 Å². The molecule has 1 saturated heterocycles. The number of carbonyl (C=O) groups is 1. The van der Waals surface area contributed by atoms with E-state index in [-0.39, 0.29) is 23.8 Å². The second kappa shape index (κ2) is 7.89. The van der Waals surface area contributed by atoms with Crippen LogP contribution in [0.15, 0.2) is 71.6 Å². The maximum absolute atomic E-state index is 13.5. The largest absolute Gasteiger partial charge is 0.497 e. The SMILES string of the molecule is COc1ccc(S(=O)(=O)C2(C(=O)O)CCN(c3cccc4ccccc34)C(C)C2)cc1. The summed E-state index contributed by atoms with van der Waals surface area (Å²) in [7, 11) is -2.62. The summed E-state index contributed by atoms with van der Waals surface area (Å²) >= 11 is 0. The fraction of sp³-hybridized carbons (Fsp3) is 0.292. The molecule has 0 radical (unpaired) electrons. The lowest BCUT2D eigenvalue weighted by Crippen LogP contribution is -2.57. The fourth-order valence-electron chi connectivity index (χ4n) is 4.56. The van der Waals surface area contributed by atoms with Crippen molar-refractivity contribution in [3.05, 3.63) is 66.7 Å². The molecule has 0 saturated carbocycles. The zero-order valence-electron chi connectivity index (χ0n) is 17.5. The Morgan fingerprint density at radius 1 is 1.06 bits per heavy atom. The van der Waals surface area contributed by atoms with E-state index in [1.807, 2.05) is 49.4 Å². The average molecular weight is 440 g/mol. The molecule has 7 heteroatoms. The minimum Gasteiger partial charge on any atom is -0.497 e. The Labute approximate surface area is 182 Å². The van der Waals surface area contributed by atoms with E-state index < -0.39 is 20.6 Å². The summed E-state index contributed by atoms with van der Waals surface area (Å²) in [6.45, 7) is 2.22. The Balaban J connectivity index is 1.71. The van der Waals surface area contributed by atoms with Gasteiger partial charge in [-0.25, -0.2) is 8.42 Å². The van der Waals surface area contributed by atoms with Crippen molar-refractivity contribution in [2.45, 2.75) is 35.4 Å². The van der Waals surface area contributed by atoms with Gasteiger partial charge in [-0.1, -0.05) is 36.4 Å². The van der Waals surface area contributed by atoms with Crippen LogP contribution in [0.3, 0.4) is 0 Å². The van der Waals surface area contributed by atoms with Gasteiger partial charge in [0, 0.05) is 23.7 Å². The van der Waals surface area contributed by atoms with Crippen LogP contribution in [-0.2, 0) is 14.6 Å². The molecular formula is C24H25NO5S. The number of sulfone groups is 1. The molecule has 1 heterocycles. The van der Waals surface area contributed by atoms with Crippen molar-refractivity contribution in [2.75, 3.05) is 18.6 Å². The molecule has 162 valence electrons. The van der Waals surface area contributed by atoms with Crippen LogP contribution >= 0.6 is 0 Å². The van der Waals surface area contributed by atoms with Gasteiger partial charge in [-0.05, 0) is 55.5 Å².